The molecule has 138 valence electrons. The first-order valence-corrected chi connectivity index (χ1v) is 9.75. The van der Waals surface area contributed by atoms with Gasteiger partial charge in [-0.05, 0) is 38.0 Å². The Labute approximate surface area is 161 Å². The number of thiophene rings is 1. The molecule has 2 N–H and O–H groups in total. The fourth-order valence-corrected chi connectivity index (χ4v) is 4.43. The monoisotopic (exact) mass is 380 g/mol. The van der Waals surface area contributed by atoms with E-state index in [0.717, 1.165) is 34.3 Å². The quantitative estimate of drug-likeness (QED) is 0.756. The van der Waals surface area contributed by atoms with Crippen molar-refractivity contribution in [3.63, 3.8) is 0 Å². The SMILES string of the molecule is Cc1cc2c(-c3cccc(C(=O)N4CCC[C@@H](C(N)=O)C4)c3)ncnc2s1. The van der Waals surface area contributed by atoms with Crippen LogP contribution in [-0.2, 0) is 4.79 Å². The second-order valence-electron chi connectivity index (χ2n) is 6.87. The Hall–Kier alpha value is -2.80. The zero-order valence-corrected chi connectivity index (χ0v) is 15.8. The molecule has 4 rings (SSSR count). The number of amides is 2. The van der Waals surface area contributed by atoms with E-state index in [9.17, 15) is 9.59 Å². The largest absolute Gasteiger partial charge is 0.369 e. The number of piperidine rings is 1. The number of fused-ring (bicyclic) bond motifs is 1. The van der Waals surface area contributed by atoms with E-state index < -0.39 is 0 Å². The molecule has 1 aromatic carbocycles. The number of hydrogen-bond acceptors (Lipinski definition) is 5. The number of carbonyl (C=O) groups is 2. The lowest BCUT2D eigenvalue weighted by Gasteiger charge is -2.31. The van der Waals surface area contributed by atoms with E-state index >= 15 is 0 Å². The molecule has 2 aromatic heterocycles. The highest BCUT2D eigenvalue weighted by atomic mass is 32.1. The summed E-state index contributed by atoms with van der Waals surface area (Å²) in [6.45, 7) is 3.08. The third-order valence-electron chi connectivity index (χ3n) is 4.95. The molecule has 0 aliphatic carbocycles. The molecular formula is C20H20N4O2S. The van der Waals surface area contributed by atoms with Gasteiger partial charge in [-0.15, -0.1) is 11.3 Å². The summed E-state index contributed by atoms with van der Waals surface area (Å²) in [7, 11) is 0. The topological polar surface area (TPSA) is 89.2 Å². The van der Waals surface area contributed by atoms with Crippen molar-refractivity contribution in [1.82, 2.24) is 14.9 Å². The predicted molar refractivity (Wildman–Crippen MR) is 105 cm³/mol. The van der Waals surface area contributed by atoms with Gasteiger partial charge in [-0.3, -0.25) is 9.59 Å². The van der Waals surface area contributed by atoms with Crippen molar-refractivity contribution in [3.05, 3.63) is 47.1 Å². The highest BCUT2D eigenvalue weighted by molar-refractivity contribution is 7.18. The maximum Gasteiger partial charge on any atom is 0.253 e. The molecule has 0 bridgehead atoms. The van der Waals surface area contributed by atoms with E-state index in [0.29, 0.717) is 18.7 Å². The van der Waals surface area contributed by atoms with Crippen LogP contribution in [0.5, 0.6) is 0 Å². The third-order valence-corrected chi connectivity index (χ3v) is 5.91. The zero-order valence-electron chi connectivity index (χ0n) is 15.0. The van der Waals surface area contributed by atoms with E-state index in [1.807, 2.05) is 25.1 Å². The molecule has 1 fully saturated rings. The number of aryl methyl sites for hydroxylation is 1. The smallest absolute Gasteiger partial charge is 0.253 e. The Bertz CT molecular complexity index is 1030. The van der Waals surface area contributed by atoms with Gasteiger partial charge in [0.25, 0.3) is 5.91 Å². The van der Waals surface area contributed by atoms with E-state index in [4.69, 9.17) is 5.73 Å². The number of aromatic nitrogens is 2. The van der Waals surface area contributed by atoms with Crippen LogP contribution in [0.15, 0.2) is 36.7 Å². The van der Waals surface area contributed by atoms with Crippen molar-refractivity contribution >= 4 is 33.4 Å². The van der Waals surface area contributed by atoms with Crippen LogP contribution < -0.4 is 5.73 Å². The average molecular weight is 380 g/mol. The van der Waals surface area contributed by atoms with Gasteiger partial charge in [0.1, 0.15) is 11.2 Å². The fourth-order valence-electron chi connectivity index (χ4n) is 3.58. The van der Waals surface area contributed by atoms with Gasteiger partial charge in [0, 0.05) is 34.5 Å². The highest BCUT2D eigenvalue weighted by Crippen LogP contribution is 2.31. The number of benzene rings is 1. The van der Waals surface area contributed by atoms with Gasteiger partial charge in [0.2, 0.25) is 5.91 Å². The van der Waals surface area contributed by atoms with Crippen LogP contribution in [0.3, 0.4) is 0 Å². The summed E-state index contributed by atoms with van der Waals surface area (Å²) in [4.78, 5) is 37.1. The van der Waals surface area contributed by atoms with Crippen molar-refractivity contribution in [3.8, 4) is 11.3 Å². The molecule has 27 heavy (non-hydrogen) atoms. The lowest BCUT2D eigenvalue weighted by molar-refractivity contribution is -0.123. The summed E-state index contributed by atoms with van der Waals surface area (Å²) in [6, 6.07) is 9.56. The zero-order chi connectivity index (χ0) is 19.0. The molecule has 7 heteroatoms. The van der Waals surface area contributed by atoms with E-state index in [2.05, 4.69) is 16.0 Å². The molecule has 0 radical (unpaired) electrons. The summed E-state index contributed by atoms with van der Waals surface area (Å²) >= 11 is 1.63. The molecule has 3 heterocycles. The maximum absolute atomic E-state index is 13.0. The van der Waals surface area contributed by atoms with Crippen molar-refractivity contribution in [1.29, 1.82) is 0 Å². The molecule has 1 saturated heterocycles. The first-order valence-electron chi connectivity index (χ1n) is 8.93. The summed E-state index contributed by atoms with van der Waals surface area (Å²) < 4.78 is 0. The number of nitrogens with two attached hydrogens (primary N) is 1. The molecule has 3 aromatic rings. The summed E-state index contributed by atoms with van der Waals surface area (Å²) in [5.41, 5.74) is 7.74. The number of primary amides is 1. The van der Waals surface area contributed by atoms with Gasteiger partial charge < -0.3 is 10.6 Å². The molecule has 6 nitrogen and oxygen atoms in total. The van der Waals surface area contributed by atoms with Crippen LogP contribution >= 0.6 is 11.3 Å². The number of hydrogen-bond donors (Lipinski definition) is 1. The second kappa shape index (κ2) is 7.08. The van der Waals surface area contributed by atoms with Crippen LogP contribution in [0.25, 0.3) is 21.5 Å². The lowest BCUT2D eigenvalue weighted by atomic mass is 9.96. The Morgan fingerprint density at radius 3 is 2.93 bits per heavy atom. The van der Waals surface area contributed by atoms with Crippen LogP contribution in [0.4, 0.5) is 0 Å². The summed E-state index contributed by atoms with van der Waals surface area (Å²) in [5.74, 6) is -0.673. The molecule has 1 aliphatic heterocycles. The molecule has 0 saturated carbocycles. The summed E-state index contributed by atoms with van der Waals surface area (Å²) in [6.07, 6.45) is 3.10. The van der Waals surface area contributed by atoms with Crippen LogP contribution in [-0.4, -0.2) is 39.8 Å². The van der Waals surface area contributed by atoms with E-state index in [1.165, 1.54) is 4.88 Å². The number of carbonyl (C=O) groups excluding carboxylic acids is 2. The number of nitrogens with zero attached hydrogens (tertiary/aromatic N) is 3. The normalized spacial score (nSPS) is 17.2. The maximum atomic E-state index is 13.0. The van der Waals surface area contributed by atoms with Crippen molar-refractivity contribution in [2.75, 3.05) is 13.1 Å². The molecule has 0 spiro atoms. The second-order valence-corrected chi connectivity index (χ2v) is 8.11. The van der Waals surface area contributed by atoms with Crippen LogP contribution in [0.1, 0.15) is 28.1 Å². The molecule has 2 amide bonds. The van der Waals surface area contributed by atoms with Gasteiger partial charge in [-0.2, -0.15) is 0 Å². The Balaban J connectivity index is 1.66. The first kappa shape index (κ1) is 17.6. The minimum atomic E-state index is -0.336. The Morgan fingerprint density at radius 2 is 2.11 bits per heavy atom. The summed E-state index contributed by atoms with van der Waals surface area (Å²) in [5, 5.41) is 0.997. The minimum absolute atomic E-state index is 0.0744. The number of likely N-dealkylation sites (tertiary alicyclic amines) is 1. The first-order chi connectivity index (χ1) is 13.0. The average Bonchev–Trinajstić information content (AvgIpc) is 3.07. The van der Waals surface area contributed by atoms with Gasteiger partial charge in [-0.1, -0.05) is 12.1 Å². The molecule has 0 unspecified atom stereocenters. The Morgan fingerprint density at radius 1 is 1.26 bits per heavy atom. The van der Waals surface area contributed by atoms with Gasteiger partial charge >= 0.3 is 0 Å². The highest BCUT2D eigenvalue weighted by Gasteiger charge is 2.27. The van der Waals surface area contributed by atoms with E-state index in [1.54, 1.807) is 28.6 Å². The van der Waals surface area contributed by atoms with E-state index in [-0.39, 0.29) is 17.7 Å². The lowest BCUT2D eigenvalue weighted by Crippen LogP contribution is -2.44. The Kier molecular flexibility index (Phi) is 4.61. The van der Waals surface area contributed by atoms with Crippen molar-refractivity contribution in [2.24, 2.45) is 11.7 Å². The van der Waals surface area contributed by atoms with Gasteiger partial charge in [-0.25, -0.2) is 9.97 Å². The van der Waals surface area contributed by atoms with Crippen molar-refractivity contribution in [2.45, 2.75) is 19.8 Å². The number of rotatable bonds is 3. The van der Waals surface area contributed by atoms with Crippen LogP contribution in [0.2, 0.25) is 0 Å². The van der Waals surface area contributed by atoms with Crippen molar-refractivity contribution < 1.29 is 9.59 Å². The fraction of sp³-hybridized carbons (Fsp3) is 0.300. The predicted octanol–water partition coefficient (Wildman–Crippen LogP) is 3.00. The van der Waals surface area contributed by atoms with Crippen LogP contribution in [0, 0.1) is 12.8 Å². The standard InChI is InChI=1S/C20H20N4O2S/c1-12-8-16-17(22-11-23-19(16)27-12)13-4-2-5-14(9-13)20(26)24-7-3-6-15(10-24)18(21)25/h2,4-5,8-9,11,15H,3,6-7,10H2,1H3,(H2,21,25)/t15-/m1/s1. The van der Waals surface area contributed by atoms with Gasteiger partial charge in [0.15, 0.2) is 0 Å². The molecular weight excluding hydrogens is 360 g/mol. The third kappa shape index (κ3) is 3.42. The van der Waals surface area contributed by atoms with Gasteiger partial charge in [0.05, 0.1) is 11.6 Å². The molecule has 1 atom stereocenters. The minimum Gasteiger partial charge on any atom is -0.369 e. The molecule has 1 aliphatic rings.